The summed E-state index contributed by atoms with van der Waals surface area (Å²) in [6, 6.07) is 4.31. The van der Waals surface area contributed by atoms with Gasteiger partial charge in [-0.15, -0.1) is 11.3 Å². The van der Waals surface area contributed by atoms with Gasteiger partial charge in [0.05, 0.1) is 14.6 Å². The SMILES string of the molecule is CCC1CCCCN1C(=O)c1cc2sc(Cl)cc2n1C. The molecule has 1 unspecified atom stereocenters. The first-order valence-electron chi connectivity index (χ1n) is 7.17. The molecule has 0 N–H and O–H groups in total. The van der Waals surface area contributed by atoms with Gasteiger partial charge in [-0.3, -0.25) is 4.79 Å². The van der Waals surface area contributed by atoms with E-state index in [4.69, 9.17) is 11.6 Å². The van der Waals surface area contributed by atoms with Gasteiger partial charge in [0, 0.05) is 19.6 Å². The van der Waals surface area contributed by atoms with Crippen LogP contribution in [0.15, 0.2) is 12.1 Å². The van der Waals surface area contributed by atoms with E-state index in [9.17, 15) is 4.79 Å². The van der Waals surface area contributed by atoms with E-state index in [0.717, 1.165) is 46.1 Å². The van der Waals surface area contributed by atoms with Crippen LogP contribution >= 0.6 is 22.9 Å². The number of halogens is 1. The number of carbonyl (C=O) groups is 1. The van der Waals surface area contributed by atoms with Gasteiger partial charge in [-0.05, 0) is 37.8 Å². The molecule has 2 aromatic rings. The molecule has 0 spiro atoms. The Balaban J connectivity index is 1.95. The lowest BCUT2D eigenvalue weighted by Crippen LogP contribution is -2.43. The monoisotopic (exact) mass is 310 g/mol. The van der Waals surface area contributed by atoms with Crippen LogP contribution in [0.1, 0.15) is 43.1 Å². The topological polar surface area (TPSA) is 25.2 Å². The van der Waals surface area contributed by atoms with Gasteiger partial charge in [0.15, 0.2) is 0 Å². The van der Waals surface area contributed by atoms with E-state index in [-0.39, 0.29) is 5.91 Å². The molecule has 1 atom stereocenters. The maximum absolute atomic E-state index is 12.8. The third-order valence-electron chi connectivity index (χ3n) is 4.28. The van der Waals surface area contributed by atoms with Crippen molar-refractivity contribution in [3.8, 4) is 0 Å². The van der Waals surface area contributed by atoms with Crippen molar-refractivity contribution in [2.24, 2.45) is 7.05 Å². The summed E-state index contributed by atoms with van der Waals surface area (Å²) >= 11 is 7.56. The molecule has 0 bridgehead atoms. The summed E-state index contributed by atoms with van der Waals surface area (Å²) < 4.78 is 3.83. The minimum absolute atomic E-state index is 0.165. The zero-order chi connectivity index (χ0) is 14.3. The maximum Gasteiger partial charge on any atom is 0.270 e. The summed E-state index contributed by atoms with van der Waals surface area (Å²) in [5.41, 5.74) is 1.83. The van der Waals surface area contributed by atoms with E-state index in [1.807, 2.05) is 23.7 Å². The van der Waals surface area contributed by atoms with Crippen LogP contribution in [0, 0.1) is 0 Å². The predicted molar refractivity (Wildman–Crippen MR) is 84.8 cm³/mol. The highest BCUT2D eigenvalue weighted by Crippen LogP contribution is 2.32. The maximum atomic E-state index is 12.8. The number of piperidine rings is 1. The smallest absolute Gasteiger partial charge is 0.270 e. The molecule has 0 aromatic carbocycles. The lowest BCUT2D eigenvalue weighted by molar-refractivity contribution is 0.0598. The molecule has 5 heteroatoms. The molecule has 1 aliphatic rings. The molecule has 3 nitrogen and oxygen atoms in total. The Morgan fingerprint density at radius 2 is 2.25 bits per heavy atom. The Morgan fingerprint density at radius 1 is 1.45 bits per heavy atom. The molecule has 0 radical (unpaired) electrons. The van der Waals surface area contributed by atoms with Crippen molar-refractivity contribution < 1.29 is 4.79 Å². The normalized spacial score (nSPS) is 19.8. The molecule has 1 fully saturated rings. The third kappa shape index (κ3) is 2.25. The van der Waals surface area contributed by atoms with Crippen LogP contribution in [0.4, 0.5) is 0 Å². The minimum atomic E-state index is 0.165. The molecule has 1 aliphatic heterocycles. The van der Waals surface area contributed by atoms with Gasteiger partial charge in [-0.25, -0.2) is 0 Å². The molecule has 108 valence electrons. The molecular weight excluding hydrogens is 292 g/mol. The first kappa shape index (κ1) is 14.0. The first-order valence-corrected chi connectivity index (χ1v) is 8.37. The molecule has 3 heterocycles. The number of likely N-dealkylation sites (tertiary alicyclic amines) is 1. The van der Waals surface area contributed by atoms with Crippen molar-refractivity contribution in [1.82, 2.24) is 9.47 Å². The van der Waals surface area contributed by atoms with Crippen LogP contribution in [-0.2, 0) is 7.05 Å². The molecule has 20 heavy (non-hydrogen) atoms. The number of fused-ring (bicyclic) bond motifs is 1. The number of amides is 1. The van der Waals surface area contributed by atoms with Crippen molar-refractivity contribution in [2.45, 2.75) is 38.6 Å². The van der Waals surface area contributed by atoms with Gasteiger partial charge in [-0.1, -0.05) is 18.5 Å². The summed E-state index contributed by atoms with van der Waals surface area (Å²) in [7, 11) is 1.95. The summed E-state index contributed by atoms with van der Waals surface area (Å²) in [6.07, 6.45) is 4.52. The molecular formula is C15H19ClN2OS. The Bertz CT molecular complexity index is 646. The van der Waals surface area contributed by atoms with Crippen molar-refractivity contribution in [3.63, 3.8) is 0 Å². The van der Waals surface area contributed by atoms with Crippen LogP contribution in [0.2, 0.25) is 4.34 Å². The Labute approximate surface area is 128 Å². The number of rotatable bonds is 2. The van der Waals surface area contributed by atoms with E-state index in [1.165, 1.54) is 17.8 Å². The highest BCUT2D eigenvalue weighted by Gasteiger charge is 2.28. The second kappa shape index (κ2) is 5.41. The highest BCUT2D eigenvalue weighted by atomic mass is 35.5. The fraction of sp³-hybridized carbons (Fsp3) is 0.533. The average molecular weight is 311 g/mol. The van der Waals surface area contributed by atoms with Crippen molar-refractivity contribution >= 4 is 39.1 Å². The molecule has 2 aromatic heterocycles. The largest absolute Gasteiger partial charge is 0.339 e. The van der Waals surface area contributed by atoms with Crippen LogP contribution in [0.3, 0.4) is 0 Å². The van der Waals surface area contributed by atoms with E-state index in [1.54, 1.807) is 0 Å². The second-order valence-electron chi connectivity index (χ2n) is 5.44. The van der Waals surface area contributed by atoms with Crippen LogP contribution in [0.25, 0.3) is 10.2 Å². The van der Waals surface area contributed by atoms with E-state index < -0.39 is 0 Å². The number of thiophene rings is 1. The zero-order valence-electron chi connectivity index (χ0n) is 11.9. The minimum Gasteiger partial charge on any atom is -0.339 e. The van der Waals surface area contributed by atoms with Gasteiger partial charge in [0.1, 0.15) is 5.69 Å². The van der Waals surface area contributed by atoms with Gasteiger partial charge in [0.25, 0.3) is 5.91 Å². The van der Waals surface area contributed by atoms with E-state index in [0.29, 0.717) is 6.04 Å². The molecule has 0 aliphatic carbocycles. The van der Waals surface area contributed by atoms with Crippen molar-refractivity contribution in [2.75, 3.05) is 6.54 Å². The fourth-order valence-electron chi connectivity index (χ4n) is 3.13. The lowest BCUT2D eigenvalue weighted by atomic mass is 9.99. The number of nitrogens with zero attached hydrogens (tertiary/aromatic N) is 2. The number of carbonyl (C=O) groups excluding carboxylic acids is 1. The highest BCUT2D eigenvalue weighted by molar-refractivity contribution is 7.22. The van der Waals surface area contributed by atoms with Gasteiger partial charge >= 0.3 is 0 Å². The van der Waals surface area contributed by atoms with E-state index >= 15 is 0 Å². The van der Waals surface area contributed by atoms with Crippen molar-refractivity contribution in [1.29, 1.82) is 0 Å². The number of hydrogen-bond acceptors (Lipinski definition) is 2. The van der Waals surface area contributed by atoms with Crippen LogP contribution < -0.4 is 0 Å². The second-order valence-corrected chi connectivity index (χ2v) is 7.16. The van der Waals surface area contributed by atoms with Gasteiger partial charge < -0.3 is 9.47 Å². The first-order chi connectivity index (χ1) is 9.61. The summed E-state index contributed by atoms with van der Waals surface area (Å²) in [6.45, 7) is 3.05. The average Bonchev–Trinajstić information content (AvgIpc) is 2.96. The number of aryl methyl sites for hydroxylation is 1. The van der Waals surface area contributed by atoms with Gasteiger partial charge in [-0.2, -0.15) is 0 Å². The quantitative estimate of drug-likeness (QED) is 0.812. The fourth-order valence-corrected chi connectivity index (χ4v) is 4.33. The summed E-state index contributed by atoms with van der Waals surface area (Å²) in [5, 5.41) is 0. The van der Waals surface area contributed by atoms with Crippen molar-refractivity contribution in [3.05, 3.63) is 22.2 Å². The predicted octanol–water partition coefficient (Wildman–Crippen LogP) is 4.30. The molecule has 0 saturated carbocycles. The standard InChI is InChI=1S/C15H19ClN2OS/c1-3-10-6-4-5-7-18(10)15(19)12-8-13-11(17(12)2)9-14(16)20-13/h8-10H,3-7H2,1-2H3. The van der Waals surface area contributed by atoms with Crippen LogP contribution in [0.5, 0.6) is 0 Å². The van der Waals surface area contributed by atoms with Crippen LogP contribution in [-0.4, -0.2) is 28.0 Å². The zero-order valence-corrected chi connectivity index (χ0v) is 13.4. The Kier molecular flexibility index (Phi) is 3.78. The molecule has 1 amide bonds. The van der Waals surface area contributed by atoms with Gasteiger partial charge in [0.2, 0.25) is 0 Å². The Morgan fingerprint density at radius 3 is 2.95 bits per heavy atom. The third-order valence-corrected chi connectivity index (χ3v) is 5.48. The molecule has 3 rings (SSSR count). The summed E-state index contributed by atoms with van der Waals surface area (Å²) in [5.74, 6) is 0.165. The summed E-state index contributed by atoms with van der Waals surface area (Å²) in [4.78, 5) is 14.9. The number of hydrogen-bond donors (Lipinski definition) is 0. The lowest BCUT2D eigenvalue weighted by Gasteiger charge is -2.35. The molecule has 1 saturated heterocycles. The number of aromatic nitrogens is 1. The van der Waals surface area contributed by atoms with E-state index in [2.05, 4.69) is 11.8 Å². The Hall–Kier alpha value is -1.00.